The summed E-state index contributed by atoms with van der Waals surface area (Å²) in [7, 11) is 0. The fourth-order valence-electron chi connectivity index (χ4n) is 2.18. The number of hydrogen-bond donors (Lipinski definition) is 0. The summed E-state index contributed by atoms with van der Waals surface area (Å²) in [6, 6.07) is 0. The summed E-state index contributed by atoms with van der Waals surface area (Å²) in [5, 5.41) is 0. The fraction of sp³-hybridized carbons (Fsp3) is 0.615. The molecule has 1 heterocycles. The quantitative estimate of drug-likeness (QED) is 0.571. The summed E-state index contributed by atoms with van der Waals surface area (Å²) < 4.78 is 16.1. The van der Waals surface area contributed by atoms with Crippen LogP contribution in [-0.4, -0.2) is 22.8 Å². The summed E-state index contributed by atoms with van der Waals surface area (Å²) in [4.78, 5) is 0. The van der Waals surface area contributed by atoms with Crippen LogP contribution in [0.2, 0.25) is 0 Å². The van der Waals surface area contributed by atoms with E-state index in [9.17, 15) is 0 Å². The molecule has 1 aliphatic carbocycles. The largest absolute Gasteiger partial charge is 0.375 e. The first-order chi connectivity index (χ1) is 8.40. The standard InChI is InChI=1S/C13H18I2O2/c14-17-13-4-2-1-3-12(13)16-10-7-11-5-8-15-9-6-11/h5-6,8-9,12-13H,1-4,7,10H2/t12-,13+/m0/s1. The van der Waals surface area contributed by atoms with Crippen LogP contribution in [0.5, 0.6) is 0 Å². The third-order valence-corrected chi connectivity index (χ3v) is 5.38. The highest BCUT2D eigenvalue weighted by Crippen LogP contribution is 2.25. The molecule has 0 N–H and O–H groups in total. The maximum Gasteiger partial charge on any atom is 0.110 e. The van der Waals surface area contributed by atoms with E-state index in [0.717, 1.165) is 25.9 Å². The van der Waals surface area contributed by atoms with Gasteiger partial charge in [-0.3, -0.25) is 0 Å². The Balaban J connectivity index is 1.72. The van der Waals surface area contributed by atoms with Crippen LogP contribution in [0.15, 0.2) is 21.8 Å². The van der Waals surface area contributed by atoms with E-state index >= 15 is 0 Å². The average molecular weight is 460 g/mol. The van der Waals surface area contributed by atoms with Crippen molar-refractivity contribution < 1.29 is 7.80 Å². The first-order valence-electron chi connectivity index (χ1n) is 6.10. The highest BCUT2D eigenvalue weighted by atomic mass is 127. The minimum atomic E-state index is 0.205. The van der Waals surface area contributed by atoms with E-state index in [2.05, 4.69) is 20.2 Å². The molecule has 0 bridgehead atoms. The summed E-state index contributed by atoms with van der Waals surface area (Å²) in [5.74, 6) is 0. The number of rotatable bonds is 5. The summed E-state index contributed by atoms with van der Waals surface area (Å²) in [6.07, 6.45) is 11.0. The van der Waals surface area contributed by atoms with Crippen LogP contribution in [-0.2, 0) is 7.80 Å². The molecule has 1 fully saturated rings. The molecule has 0 spiro atoms. The Morgan fingerprint density at radius 2 is 2.12 bits per heavy atom. The second-order valence-electron chi connectivity index (χ2n) is 4.36. The topological polar surface area (TPSA) is 18.5 Å². The van der Waals surface area contributed by atoms with Gasteiger partial charge in [0.2, 0.25) is 0 Å². The second-order valence-corrected chi connectivity index (χ2v) is 7.02. The smallest absolute Gasteiger partial charge is 0.110 e. The van der Waals surface area contributed by atoms with Crippen LogP contribution in [0.1, 0.15) is 32.1 Å². The van der Waals surface area contributed by atoms with Crippen molar-refractivity contribution in [2.45, 2.75) is 44.3 Å². The van der Waals surface area contributed by atoms with Gasteiger partial charge in [-0.15, -0.1) is 0 Å². The van der Waals surface area contributed by atoms with Crippen LogP contribution in [0, 0.1) is 0 Å². The lowest BCUT2D eigenvalue weighted by Gasteiger charge is -2.29. The van der Waals surface area contributed by atoms with Crippen LogP contribution >= 0.6 is 43.7 Å². The molecule has 1 aliphatic heterocycles. The molecule has 0 unspecified atom stereocenters. The van der Waals surface area contributed by atoms with Gasteiger partial charge in [0.25, 0.3) is 0 Å². The van der Waals surface area contributed by atoms with E-state index < -0.39 is 0 Å². The first-order valence-corrected chi connectivity index (χ1v) is 9.47. The lowest BCUT2D eigenvalue weighted by molar-refractivity contribution is -0.0315. The minimum absolute atomic E-state index is 0.205. The van der Waals surface area contributed by atoms with E-state index in [1.807, 2.05) is 23.0 Å². The highest BCUT2D eigenvalue weighted by Gasteiger charge is 2.25. The maximum absolute atomic E-state index is 5.98. The van der Waals surface area contributed by atoms with Crippen molar-refractivity contribution in [3.8, 4) is 0 Å². The monoisotopic (exact) mass is 460 g/mol. The van der Waals surface area contributed by atoms with E-state index in [-0.39, 0.29) is 20.7 Å². The number of halogens is 2. The van der Waals surface area contributed by atoms with Gasteiger partial charge in [0, 0.05) is 0 Å². The molecule has 2 atom stereocenters. The van der Waals surface area contributed by atoms with Gasteiger partial charge in [0.15, 0.2) is 0 Å². The molecule has 17 heavy (non-hydrogen) atoms. The summed E-state index contributed by atoms with van der Waals surface area (Å²) in [6.45, 7) is 0.823. The molecule has 0 radical (unpaired) electrons. The van der Waals surface area contributed by atoms with Gasteiger partial charge >= 0.3 is 0 Å². The lowest BCUT2D eigenvalue weighted by atomic mass is 9.95. The maximum atomic E-state index is 5.98. The molecule has 0 saturated heterocycles. The molecule has 0 amide bonds. The number of ether oxygens (including phenoxy) is 1. The van der Waals surface area contributed by atoms with Gasteiger partial charge in [0.1, 0.15) is 23.0 Å². The molecule has 4 heteroatoms. The summed E-state index contributed by atoms with van der Waals surface area (Å²) >= 11 is 2.22. The zero-order chi connectivity index (χ0) is 11.9. The SMILES string of the molecule is IO[C@@H]1CCCC[C@@H]1OCCC1=CC=IC=C1. The second kappa shape index (κ2) is 8.01. The molecule has 1 saturated carbocycles. The van der Waals surface area contributed by atoms with E-state index in [1.54, 1.807) is 0 Å². The van der Waals surface area contributed by atoms with Gasteiger partial charge in [-0.1, -0.05) is 45.7 Å². The van der Waals surface area contributed by atoms with Crippen LogP contribution in [0.4, 0.5) is 0 Å². The average Bonchev–Trinajstić information content (AvgIpc) is 2.40. The molecule has 0 aromatic carbocycles. The normalized spacial score (nSPS) is 28.6. The third kappa shape index (κ3) is 4.72. The number of hydrogen-bond acceptors (Lipinski definition) is 2. The zero-order valence-electron chi connectivity index (χ0n) is 9.78. The molecule has 0 aromatic heterocycles. The first kappa shape index (κ1) is 14.1. The van der Waals surface area contributed by atoms with E-state index in [1.165, 1.54) is 18.4 Å². The Kier molecular flexibility index (Phi) is 6.67. The lowest BCUT2D eigenvalue weighted by Crippen LogP contribution is -2.33. The molecule has 2 nitrogen and oxygen atoms in total. The fourth-order valence-corrected chi connectivity index (χ4v) is 4.34. The van der Waals surface area contributed by atoms with Crippen molar-refractivity contribution in [1.82, 2.24) is 0 Å². The third-order valence-electron chi connectivity index (χ3n) is 3.18. The molecule has 0 aromatic rings. The Bertz CT molecular complexity index is 323. The van der Waals surface area contributed by atoms with Crippen LogP contribution in [0.3, 0.4) is 0 Å². The zero-order valence-corrected chi connectivity index (χ0v) is 14.1. The van der Waals surface area contributed by atoms with E-state index in [4.69, 9.17) is 7.80 Å². The van der Waals surface area contributed by atoms with Crippen molar-refractivity contribution in [3.63, 3.8) is 0 Å². The Hall–Kier alpha value is 0.730. The van der Waals surface area contributed by atoms with Crippen LogP contribution in [0.25, 0.3) is 0 Å². The molecule has 2 aliphatic rings. The van der Waals surface area contributed by atoms with Crippen molar-refractivity contribution in [3.05, 3.63) is 21.8 Å². The Labute approximate surface area is 127 Å². The van der Waals surface area contributed by atoms with Crippen molar-refractivity contribution in [2.75, 3.05) is 6.61 Å². The predicted molar refractivity (Wildman–Crippen MR) is 89.0 cm³/mol. The van der Waals surface area contributed by atoms with Gasteiger partial charge in [-0.2, -0.15) is 0 Å². The summed E-state index contributed by atoms with van der Waals surface area (Å²) in [5.41, 5.74) is 1.40. The Morgan fingerprint density at radius 3 is 2.82 bits per heavy atom. The van der Waals surface area contributed by atoms with E-state index in [0.29, 0.717) is 12.2 Å². The van der Waals surface area contributed by atoms with Crippen molar-refractivity contribution in [2.24, 2.45) is 0 Å². The van der Waals surface area contributed by atoms with Gasteiger partial charge < -0.3 is 7.80 Å². The predicted octanol–water partition coefficient (Wildman–Crippen LogP) is 4.30. The molecular formula is C13H18I2O2. The molecule has 2 rings (SSSR count). The molecule has 96 valence electrons. The number of allylic oxidation sites excluding steroid dienone is 2. The minimum Gasteiger partial charge on any atom is -0.375 e. The van der Waals surface area contributed by atoms with Crippen LogP contribution < -0.4 is 0 Å². The van der Waals surface area contributed by atoms with Gasteiger partial charge in [-0.05, 0) is 32.9 Å². The van der Waals surface area contributed by atoms with Crippen molar-refractivity contribution >= 4 is 47.7 Å². The van der Waals surface area contributed by atoms with Gasteiger partial charge in [-0.25, -0.2) is 0 Å². The molecular weight excluding hydrogens is 442 g/mol. The Morgan fingerprint density at radius 1 is 1.29 bits per heavy atom. The van der Waals surface area contributed by atoms with Crippen molar-refractivity contribution in [1.29, 1.82) is 0 Å². The van der Waals surface area contributed by atoms with Gasteiger partial charge in [0.05, 0.1) is 18.8 Å². The highest BCUT2D eigenvalue weighted by molar-refractivity contribution is 14.2.